The fraction of sp³-hybridized carbons (Fsp3) is 0.571. The van der Waals surface area contributed by atoms with E-state index < -0.39 is 0 Å². The Bertz CT molecular complexity index is 364. The van der Waals surface area contributed by atoms with E-state index in [2.05, 4.69) is 5.32 Å². The summed E-state index contributed by atoms with van der Waals surface area (Å²) in [7, 11) is 0. The molecule has 0 spiro atoms. The van der Waals surface area contributed by atoms with Crippen molar-refractivity contribution in [3.63, 3.8) is 0 Å². The molecule has 2 fully saturated rings. The second-order valence-corrected chi connectivity index (χ2v) is 5.20. The molecule has 92 valence electrons. The third kappa shape index (κ3) is 2.55. The van der Waals surface area contributed by atoms with Crippen LogP contribution in [0.1, 0.15) is 32.1 Å². The largest absolute Gasteiger partial charge is 0.508 e. The first-order valence-electron chi connectivity index (χ1n) is 6.51. The van der Waals surface area contributed by atoms with Gasteiger partial charge in [-0.05, 0) is 49.9 Å². The number of fused-ring (bicyclic) bond motifs is 2. The van der Waals surface area contributed by atoms with E-state index in [1.54, 1.807) is 12.1 Å². The monoisotopic (exact) mass is 233 g/mol. The molecule has 2 bridgehead atoms. The highest BCUT2D eigenvalue weighted by Crippen LogP contribution is 2.29. The van der Waals surface area contributed by atoms with Gasteiger partial charge in [-0.2, -0.15) is 0 Å². The number of ether oxygens (including phenoxy) is 1. The van der Waals surface area contributed by atoms with Crippen LogP contribution in [0.2, 0.25) is 0 Å². The fourth-order valence-corrected chi connectivity index (χ4v) is 3.03. The first-order valence-corrected chi connectivity index (χ1v) is 6.51. The van der Waals surface area contributed by atoms with Crippen molar-refractivity contribution in [1.82, 2.24) is 5.32 Å². The number of benzene rings is 1. The molecule has 3 atom stereocenters. The molecule has 17 heavy (non-hydrogen) atoms. The van der Waals surface area contributed by atoms with Crippen molar-refractivity contribution in [2.75, 3.05) is 0 Å². The zero-order chi connectivity index (χ0) is 11.7. The van der Waals surface area contributed by atoms with Gasteiger partial charge in [0.15, 0.2) is 0 Å². The van der Waals surface area contributed by atoms with Gasteiger partial charge < -0.3 is 15.2 Å². The van der Waals surface area contributed by atoms with E-state index in [-0.39, 0.29) is 0 Å². The summed E-state index contributed by atoms with van der Waals surface area (Å²) in [6, 6.07) is 8.32. The maximum absolute atomic E-state index is 9.23. The molecule has 0 saturated carbocycles. The van der Waals surface area contributed by atoms with Crippen molar-refractivity contribution < 1.29 is 9.84 Å². The topological polar surface area (TPSA) is 41.5 Å². The van der Waals surface area contributed by atoms with Crippen molar-refractivity contribution >= 4 is 0 Å². The Labute approximate surface area is 102 Å². The van der Waals surface area contributed by atoms with E-state index in [4.69, 9.17) is 4.74 Å². The number of nitrogens with one attached hydrogen (secondary N) is 1. The average molecular weight is 233 g/mol. The van der Waals surface area contributed by atoms with Gasteiger partial charge in [0.25, 0.3) is 0 Å². The molecule has 2 N–H and O–H groups in total. The summed E-state index contributed by atoms with van der Waals surface area (Å²) in [5.74, 6) is 1.16. The fourth-order valence-electron chi connectivity index (χ4n) is 3.03. The highest BCUT2D eigenvalue weighted by atomic mass is 16.5. The minimum absolute atomic E-state index is 0.291. The summed E-state index contributed by atoms with van der Waals surface area (Å²) in [6.07, 6.45) is 6.47. The summed E-state index contributed by atoms with van der Waals surface area (Å²) >= 11 is 0. The van der Waals surface area contributed by atoms with Gasteiger partial charge in [0.2, 0.25) is 0 Å². The molecule has 0 aromatic heterocycles. The maximum atomic E-state index is 9.23. The van der Waals surface area contributed by atoms with Crippen LogP contribution in [0.4, 0.5) is 0 Å². The van der Waals surface area contributed by atoms with Crippen LogP contribution in [-0.2, 0) is 0 Å². The van der Waals surface area contributed by atoms with E-state index in [0.29, 0.717) is 23.9 Å². The summed E-state index contributed by atoms with van der Waals surface area (Å²) in [6.45, 7) is 0. The van der Waals surface area contributed by atoms with Gasteiger partial charge in [-0.3, -0.25) is 0 Å². The van der Waals surface area contributed by atoms with Crippen molar-refractivity contribution in [1.29, 1.82) is 0 Å². The van der Waals surface area contributed by atoms with E-state index in [1.165, 1.54) is 19.3 Å². The Morgan fingerprint density at radius 2 is 1.71 bits per heavy atom. The molecule has 3 nitrogen and oxygen atoms in total. The van der Waals surface area contributed by atoms with Gasteiger partial charge in [0, 0.05) is 12.1 Å². The predicted octanol–water partition coefficient (Wildman–Crippen LogP) is 2.44. The number of hydrogen-bond donors (Lipinski definition) is 2. The third-order valence-electron chi connectivity index (χ3n) is 3.81. The molecule has 2 saturated heterocycles. The van der Waals surface area contributed by atoms with Crippen LogP contribution >= 0.6 is 0 Å². The zero-order valence-electron chi connectivity index (χ0n) is 9.93. The summed E-state index contributed by atoms with van der Waals surface area (Å²) in [4.78, 5) is 0. The van der Waals surface area contributed by atoms with E-state index in [0.717, 1.165) is 18.6 Å². The Balaban J connectivity index is 1.63. The summed E-state index contributed by atoms with van der Waals surface area (Å²) in [5, 5.41) is 12.9. The normalized spacial score (nSPS) is 32.1. The smallest absolute Gasteiger partial charge is 0.119 e. The first kappa shape index (κ1) is 10.9. The lowest BCUT2D eigenvalue weighted by Crippen LogP contribution is -2.51. The van der Waals surface area contributed by atoms with Gasteiger partial charge in [0.1, 0.15) is 17.6 Å². The van der Waals surface area contributed by atoms with Crippen LogP contribution in [0, 0.1) is 0 Å². The van der Waals surface area contributed by atoms with Crippen molar-refractivity contribution in [2.45, 2.75) is 50.3 Å². The van der Waals surface area contributed by atoms with Crippen LogP contribution < -0.4 is 10.1 Å². The molecule has 3 heteroatoms. The molecule has 3 rings (SSSR count). The van der Waals surface area contributed by atoms with E-state index >= 15 is 0 Å². The second-order valence-electron chi connectivity index (χ2n) is 5.20. The number of phenolic OH excluding ortho intramolecular Hbond substituents is 1. The zero-order valence-corrected chi connectivity index (χ0v) is 9.93. The predicted molar refractivity (Wildman–Crippen MR) is 66.3 cm³/mol. The molecule has 1 aromatic rings. The lowest BCUT2D eigenvalue weighted by Gasteiger charge is -2.40. The quantitative estimate of drug-likeness (QED) is 0.824. The summed E-state index contributed by atoms with van der Waals surface area (Å²) in [5.41, 5.74) is 0. The lowest BCUT2D eigenvalue weighted by atomic mass is 9.85. The van der Waals surface area contributed by atoms with E-state index in [9.17, 15) is 5.11 Å². The molecule has 2 aliphatic heterocycles. The Morgan fingerprint density at radius 3 is 2.35 bits per heavy atom. The second kappa shape index (κ2) is 4.57. The third-order valence-corrected chi connectivity index (χ3v) is 3.81. The van der Waals surface area contributed by atoms with Crippen LogP contribution in [0.3, 0.4) is 0 Å². The Morgan fingerprint density at radius 1 is 1.06 bits per heavy atom. The lowest BCUT2D eigenvalue weighted by molar-refractivity contribution is 0.0927. The maximum Gasteiger partial charge on any atom is 0.119 e. The molecule has 2 heterocycles. The van der Waals surface area contributed by atoms with Gasteiger partial charge in [-0.1, -0.05) is 6.42 Å². The number of rotatable bonds is 2. The van der Waals surface area contributed by atoms with Crippen LogP contribution in [0.5, 0.6) is 11.5 Å². The highest BCUT2D eigenvalue weighted by Gasteiger charge is 2.32. The number of hydrogen-bond acceptors (Lipinski definition) is 3. The highest BCUT2D eigenvalue weighted by molar-refractivity contribution is 5.30. The van der Waals surface area contributed by atoms with Crippen molar-refractivity contribution in [3.05, 3.63) is 24.3 Å². The van der Waals surface area contributed by atoms with Gasteiger partial charge >= 0.3 is 0 Å². The molecule has 0 aliphatic carbocycles. The van der Waals surface area contributed by atoms with Crippen molar-refractivity contribution in [2.24, 2.45) is 0 Å². The van der Waals surface area contributed by atoms with E-state index in [1.807, 2.05) is 12.1 Å². The van der Waals surface area contributed by atoms with Crippen molar-refractivity contribution in [3.8, 4) is 11.5 Å². The standard InChI is InChI=1S/C14H19NO2/c16-12-4-6-13(7-5-12)17-14-8-10-2-1-3-11(9-14)15-10/h4-7,10-11,14-16H,1-3,8-9H2/t10-,11+,14-. The Kier molecular flexibility index (Phi) is 2.93. The molecule has 0 radical (unpaired) electrons. The minimum Gasteiger partial charge on any atom is -0.508 e. The average Bonchev–Trinajstić information content (AvgIpc) is 2.32. The molecule has 0 amide bonds. The molecular weight excluding hydrogens is 214 g/mol. The van der Waals surface area contributed by atoms with Gasteiger partial charge in [0.05, 0.1) is 0 Å². The van der Waals surface area contributed by atoms with Crippen LogP contribution in [0.25, 0.3) is 0 Å². The minimum atomic E-state index is 0.291. The first-order chi connectivity index (χ1) is 8.29. The SMILES string of the molecule is Oc1ccc(O[C@@H]2C[C@H]3CCC[C@@H](C2)N3)cc1. The number of piperidine rings is 2. The van der Waals surface area contributed by atoms with Crippen LogP contribution in [0.15, 0.2) is 24.3 Å². The Hall–Kier alpha value is -1.22. The molecule has 1 aromatic carbocycles. The summed E-state index contributed by atoms with van der Waals surface area (Å²) < 4.78 is 6.00. The molecule has 0 unspecified atom stereocenters. The van der Waals surface area contributed by atoms with Gasteiger partial charge in [-0.15, -0.1) is 0 Å². The number of phenols is 1. The molecular formula is C14H19NO2. The van der Waals surface area contributed by atoms with Gasteiger partial charge in [-0.25, -0.2) is 0 Å². The van der Waals surface area contributed by atoms with Crippen LogP contribution in [-0.4, -0.2) is 23.3 Å². The molecule has 2 aliphatic rings. The number of aromatic hydroxyl groups is 1.